The Morgan fingerprint density at radius 3 is 2.62 bits per heavy atom. The molecule has 0 unspecified atom stereocenters. The molecule has 2 rings (SSSR count). The molecule has 1 aliphatic rings. The van der Waals surface area contributed by atoms with Crippen molar-refractivity contribution in [3.8, 4) is 5.75 Å². The SMILES string of the molecule is COCCCCN1C(=O)C(C)(C)Oc2cc(I)c(C(=O)OC)cc21. The number of ether oxygens (including phenoxy) is 3. The van der Waals surface area contributed by atoms with Crippen molar-refractivity contribution >= 4 is 40.2 Å². The van der Waals surface area contributed by atoms with Crippen LogP contribution < -0.4 is 9.64 Å². The standard InChI is InChI=1S/C17H22INO5/c1-17(2)16(21)19(7-5-6-8-22-3)13-9-11(15(20)23-4)12(18)10-14(13)24-17/h9-10H,5-8H2,1-4H3. The first-order valence-electron chi connectivity index (χ1n) is 7.73. The molecule has 0 fully saturated rings. The lowest BCUT2D eigenvalue weighted by atomic mass is 10.0. The van der Waals surface area contributed by atoms with Gasteiger partial charge in [-0.05, 0) is 61.4 Å². The fourth-order valence-corrected chi connectivity index (χ4v) is 3.25. The van der Waals surface area contributed by atoms with Crippen LogP contribution in [0.25, 0.3) is 0 Å². The molecular weight excluding hydrogens is 425 g/mol. The van der Waals surface area contributed by atoms with E-state index in [1.807, 2.05) is 0 Å². The van der Waals surface area contributed by atoms with Gasteiger partial charge in [-0.25, -0.2) is 4.79 Å². The summed E-state index contributed by atoms with van der Waals surface area (Å²) in [5.74, 6) is 0.0478. The Hall–Kier alpha value is -1.35. The van der Waals surface area contributed by atoms with Gasteiger partial charge in [-0.15, -0.1) is 0 Å². The molecule has 7 heteroatoms. The van der Waals surface area contributed by atoms with E-state index >= 15 is 0 Å². The molecule has 0 spiro atoms. The summed E-state index contributed by atoms with van der Waals surface area (Å²) in [6.07, 6.45) is 1.65. The van der Waals surface area contributed by atoms with Gasteiger partial charge in [0.15, 0.2) is 5.60 Å². The molecule has 0 aromatic heterocycles. The van der Waals surface area contributed by atoms with Crippen molar-refractivity contribution in [1.29, 1.82) is 0 Å². The van der Waals surface area contributed by atoms with Crippen LogP contribution >= 0.6 is 22.6 Å². The third-order valence-corrected chi connectivity index (χ3v) is 4.74. The van der Waals surface area contributed by atoms with E-state index in [0.717, 1.165) is 16.4 Å². The molecule has 0 radical (unpaired) electrons. The van der Waals surface area contributed by atoms with E-state index in [1.54, 1.807) is 38.0 Å². The zero-order valence-corrected chi connectivity index (χ0v) is 16.5. The minimum Gasteiger partial charge on any atom is -0.476 e. The Morgan fingerprint density at radius 2 is 2.00 bits per heavy atom. The van der Waals surface area contributed by atoms with Crippen molar-refractivity contribution in [2.45, 2.75) is 32.3 Å². The Bertz CT molecular complexity index is 644. The fourth-order valence-electron chi connectivity index (χ4n) is 2.59. The van der Waals surface area contributed by atoms with Gasteiger partial charge in [-0.1, -0.05) is 0 Å². The molecule has 0 aliphatic carbocycles. The van der Waals surface area contributed by atoms with Crippen molar-refractivity contribution in [3.63, 3.8) is 0 Å². The van der Waals surface area contributed by atoms with Crippen LogP contribution in [-0.2, 0) is 14.3 Å². The second kappa shape index (κ2) is 7.69. The van der Waals surface area contributed by atoms with Crippen LogP contribution in [0.4, 0.5) is 5.69 Å². The highest BCUT2D eigenvalue weighted by Crippen LogP contribution is 2.40. The summed E-state index contributed by atoms with van der Waals surface area (Å²) in [5.41, 5.74) is 0.0943. The number of carbonyl (C=O) groups excluding carboxylic acids is 2. The third kappa shape index (κ3) is 3.83. The van der Waals surface area contributed by atoms with Crippen LogP contribution in [0, 0.1) is 3.57 Å². The molecule has 1 amide bonds. The number of esters is 1. The largest absolute Gasteiger partial charge is 0.476 e. The second-order valence-electron chi connectivity index (χ2n) is 6.06. The molecule has 0 bridgehead atoms. The molecular formula is C17H22INO5. The number of hydrogen-bond acceptors (Lipinski definition) is 5. The number of unbranched alkanes of at least 4 members (excludes halogenated alkanes) is 1. The fraction of sp³-hybridized carbons (Fsp3) is 0.529. The number of methoxy groups -OCH3 is 2. The minimum atomic E-state index is -0.940. The normalized spacial score (nSPS) is 15.7. The molecule has 1 heterocycles. The zero-order chi connectivity index (χ0) is 17.9. The summed E-state index contributed by atoms with van der Waals surface area (Å²) in [6, 6.07) is 3.45. The van der Waals surface area contributed by atoms with Gasteiger partial charge in [0.25, 0.3) is 5.91 Å². The van der Waals surface area contributed by atoms with Crippen LogP contribution in [0.2, 0.25) is 0 Å². The molecule has 132 valence electrons. The van der Waals surface area contributed by atoms with Gasteiger partial charge in [0, 0.05) is 23.8 Å². The van der Waals surface area contributed by atoms with Crippen molar-refractivity contribution in [2.24, 2.45) is 0 Å². The number of nitrogens with zero attached hydrogens (tertiary/aromatic N) is 1. The summed E-state index contributed by atoms with van der Waals surface area (Å²) in [6.45, 7) is 4.70. The van der Waals surface area contributed by atoms with Crippen LogP contribution in [0.5, 0.6) is 5.75 Å². The topological polar surface area (TPSA) is 65.1 Å². The van der Waals surface area contributed by atoms with E-state index in [9.17, 15) is 9.59 Å². The first-order chi connectivity index (χ1) is 11.3. The maximum Gasteiger partial charge on any atom is 0.339 e. The van der Waals surface area contributed by atoms with Crippen LogP contribution in [-0.4, -0.2) is 44.8 Å². The summed E-state index contributed by atoms with van der Waals surface area (Å²) >= 11 is 2.07. The number of benzene rings is 1. The van der Waals surface area contributed by atoms with Crippen LogP contribution in [0.3, 0.4) is 0 Å². The number of hydrogen-bond donors (Lipinski definition) is 0. The van der Waals surface area contributed by atoms with Gasteiger partial charge >= 0.3 is 5.97 Å². The average molecular weight is 447 g/mol. The Kier molecular flexibility index (Phi) is 6.08. The first-order valence-corrected chi connectivity index (χ1v) is 8.81. The van der Waals surface area contributed by atoms with Gasteiger partial charge in [0.2, 0.25) is 0 Å². The molecule has 0 N–H and O–H groups in total. The van der Waals surface area contributed by atoms with Crippen molar-refractivity contribution in [2.75, 3.05) is 32.3 Å². The predicted octanol–water partition coefficient (Wildman–Crippen LogP) is 3.01. The lowest BCUT2D eigenvalue weighted by Gasteiger charge is -2.39. The Morgan fingerprint density at radius 1 is 1.29 bits per heavy atom. The Labute approximate surface area is 155 Å². The number of carbonyl (C=O) groups is 2. The molecule has 24 heavy (non-hydrogen) atoms. The number of rotatable bonds is 6. The monoisotopic (exact) mass is 447 g/mol. The molecule has 1 aliphatic heterocycles. The van der Waals surface area contributed by atoms with Gasteiger partial charge in [0.05, 0.1) is 18.4 Å². The zero-order valence-electron chi connectivity index (χ0n) is 14.3. The van der Waals surface area contributed by atoms with Crippen molar-refractivity contribution in [1.82, 2.24) is 0 Å². The van der Waals surface area contributed by atoms with E-state index in [0.29, 0.717) is 30.2 Å². The highest BCUT2D eigenvalue weighted by Gasteiger charge is 2.41. The lowest BCUT2D eigenvalue weighted by Crippen LogP contribution is -2.52. The summed E-state index contributed by atoms with van der Waals surface area (Å²) in [4.78, 5) is 26.4. The van der Waals surface area contributed by atoms with Crippen molar-refractivity contribution in [3.05, 3.63) is 21.3 Å². The molecule has 0 saturated heterocycles. The van der Waals surface area contributed by atoms with Gasteiger partial charge < -0.3 is 19.1 Å². The number of halogens is 1. The molecule has 0 atom stereocenters. The van der Waals surface area contributed by atoms with Gasteiger partial charge in [-0.2, -0.15) is 0 Å². The van der Waals surface area contributed by atoms with E-state index in [4.69, 9.17) is 14.2 Å². The van der Waals surface area contributed by atoms with E-state index in [1.165, 1.54) is 7.11 Å². The van der Waals surface area contributed by atoms with Gasteiger partial charge in [0.1, 0.15) is 5.75 Å². The van der Waals surface area contributed by atoms with Gasteiger partial charge in [-0.3, -0.25) is 4.79 Å². The minimum absolute atomic E-state index is 0.121. The molecule has 0 saturated carbocycles. The highest BCUT2D eigenvalue weighted by molar-refractivity contribution is 14.1. The molecule has 1 aromatic rings. The second-order valence-corrected chi connectivity index (χ2v) is 7.22. The average Bonchev–Trinajstić information content (AvgIpc) is 2.53. The summed E-state index contributed by atoms with van der Waals surface area (Å²) in [5, 5.41) is 0. The first kappa shape index (κ1) is 19.0. The lowest BCUT2D eigenvalue weighted by molar-refractivity contribution is -0.132. The maximum absolute atomic E-state index is 12.8. The highest BCUT2D eigenvalue weighted by atomic mass is 127. The smallest absolute Gasteiger partial charge is 0.339 e. The summed E-state index contributed by atoms with van der Waals surface area (Å²) in [7, 11) is 2.99. The number of fused-ring (bicyclic) bond motifs is 1. The van der Waals surface area contributed by atoms with E-state index in [2.05, 4.69) is 22.6 Å². The van der Waals surface area contributed by atoms with E-state index in [-0.39, 0.29) is 5.91 Å². The third-order valence-electron chi connectivity index (χ3n) is 3.85. The molecule has 6 nitrogen and oxygen atoms in total. The van der Waals surface area contributed by atoms with E-state index < -0.39 is 11.6 Å². The van der Waals surface area contributed by atoms with Crippen LogP contribution in [0.15, 0.2) is 12.1 Å². The predicted molar refractivity (Wildman–Crippen MR) is 98.7 cm³/mol. The maximum atomic E-state index is 12.8. The summed E-state index contributed by atoms with van der Waals surface area (Å²) < 4.78 is 16.5. The van der Waals surface area contributed by atoms with Crippen LogP contribution in [0.1, 0.15) is 37.0 Å². The quantitative estimate of drug-likeness (QED) is 0.381. The van der Waals surface area contributed by atoms with Crippen molar-refractivity contribution < 1.29 is 23.8 Å². The Balaban J connectivity index is 2.40. The number of amides is 1. The number of anilines is 1. The molecule has 1 aromatic carbocycles.